The van der Waals surface area contributed by atoms with E-state index in [1.165, 1.54) is 12.1 Å². The molecule has 0 bridgehead atoms. The van der Waals surface area contributed by atoms with Gasteiger partial charge in [-0.15, -0.1) is 11.8 Å². The number of para-hydroxylation sites is 1. The van der Waals surface area contributed by atoms with Gasteiger partial charge >= 0.3 is 0 Å². The molecule has 0 spiro atoms. The van der Waals surface area contributed by atoms with Crippen LogP contribution in [-0.4, -0.2) is 43.3 Å². The van der Waals surface area contributed by atoms with Crippen LogP contribution in [0.4, 0.5) is 5.69 Å². The molecule has 0 radical (unpaired) electrons. The van der Waals surface area contributed by atoms with Crippen LogP contribution >= 0.6 is 23.4 Å². The number of thioether (sulfide) groups is 1. The Bertz CT molecular complexity index is 1010. The molecule has 1 aliphatic heterocycles. The van der Waals surface area contributed by atoms with Gasteiger partial charge in [0.1, 0.15) is 5.50 Å². The molecule has 1 heterocycles. The van der Waals surface area contributed by atoms with Crippen molar-refractivity contribution in [2.75, 3.05) is 17.6 Å². The van der Waals surface area contributed by atoms with Gasteiger partial charge in [0, 0.05) is 6.54 Å². The number of rotatable bonds is 6. The highest BCUT2D eigenvalue weighted by Gasteiger charge is 2.38. The minimum atomic E-state index is -3.81. The van der Waals surface area contributed by atoms with Gasteiger partial charge in [-0.25, -0.2) is 8.42 Å². The third-order valence-corrected chi connectivity index (χ3v) is 7.74. The Labute approximate surface area is 178 Å². The summed E-state index contributed by atoms with van der Waals surface area (Å²) in [6.07, 6.45) is 0. The molecule has 0 saturated carbocycles. The summed E-state index contributed by atoms with van der Waals surface area (Å²) in [6.45, 7) is 1.82. The molecule has 0 aromatic heterocycles. The van der Waals surface area contributed by atoms with Crippen molar-refractivity contribution in [1.82, 2.24) is 10.6 Å². The Morgan fingerprint density at radius 3 is 2.55 bits per heavy atom. The Hall–Kier alpha value is -2.07. The van der Waals surface area contributed by atoms with E-state index in [4.69, 9.17) is 11.6 Å². The number of amides is 2. The second-order valence-electron chi connectivity index (χ2n) is 6.48. The number of carbonyl (C=O) groups is 2. The highest BCUT2D eigenvalue weighted by molar-refractivity contribution is 8.00. The van der Waals surface area contributed by atoms with Crippen LogP contribution in [0, 0.1) is 6.92 Å². The number of aryl methyl sites for hydroxylation is 1. The van der Waals surface area contributed by atoms with E-state index in [9.17, 15) is 18.0 Å². The monoisotopic (exact) mass is 453 g/mol. The van der Waals surface area contributed by atoms with Crippen LogP contribution in [0.5, 0.6) is 0 Å². The molecule has 2 atom stereocenters. The third-order valence-electron chi connectivity index (χ3n) is 4.31. The van der Waals surface area contributed by atoms with Crippen molar-refractivity contribution in [1.29, 1.82) is 0 Å². The number of carbonyl (C=O) groups excluding carboxylic acids is 2. The Kier molecular flexibility index (Phi) is 6.84. The number of hydrogen-bond donors (Lipinski definition) is 3. The number of nitrogens with one attached hydrogen (secondary N) is 3. The molecule has 2 aromatic rings. The van der Waals surface area contributed by atoms with E-state index >= 15 is 0 Å². The third kappa shape index (κ3) is 5.30. The number of anilines is 1. The van der Waals surface area contributed by atoms with Gasteiger partial charge in [-0.1, -0.05) is 41.4 Å². The largest absolute Gasteiger partial charge is 0.331 e. The van der Waals surface area contributed by atoms with Crippen LogP contribution in [0.2, 0.25) is 5.02 Å². The second-order valence-corrected chi connectivity index (χ2v) is 10.1. The van der Waals surface area contributed by atoms with Crippen molar-refractivity contribution < 1.29 is 18.0 Å². The number of benzene rings is 2. The van der Waals surface area contributed by atoms with Crippen molar-refractivity contribution >= 4 is 50.7 Å². The molecule has 1 aliphatic rings. The van der Waals surface area contributed by atoms with Crippen LogP contribution in [0.1, 0.15) is 5.56 Å². The normalized spacial score (nSPS) is 19.4. The molecular formula is C19H20ClN3O4S2. The first-order valence-corrected chi connectivity index (χ1v) is 11.7. The molecule has 10 heteroatoms. The topological polar surface area (TPSA) is 104 Å². The van der Waals surface area contributed by atoms with Crippen LogP contribution in [0.3, 0.4) is 0 Å². The maximum absolute atomic E-state index is 12.7. The Balaban J connectivity index is 1.55. The van der Waals surface area contributed by atoms with Crippen molar-refractivity contribution in [3.63, 3.8) is 0 Å². The second kappa shape index (κ2) is 9.17. The van der Waals surface area contributed by atoms with E-state index in [0.717, 1.165) is 17.3 Å². The lowest BCUT2D eigenvalue weighted by molar-refractivity contribution is -0.122. The summed E-state index contributed by atoms with van der Waals surface area (Å²) in [5.41, 5.74) is 0.871. The molecule has 29 heavy (non-hydrogen) atoms. The highest BCUT2D eigenvalue weighted by Crippen LogP contribution is 2.22. The highest BCUT2D eigenvalue weighted by atomic mass is 35.5. The number of hydrogen-bond acceptors (Lipinski definition) is 6. The molecule has 7 nitrogen and oxygen atoms in total. The van der Waals surface area contributed by atoms with Gasteiger partial charge in [-0.3, -0.25) is 14.9 Å². The average Bonchev–Trinajstić information content (AvgIpc) is 2.68. The fraction of sp³-hybridized carbons (Fsp3) is 0.263. The van der Waals surface area contributed by atoms with Crippen LogP contribution in [0.15, 0.2) is 53.4 Å². The first-order valence-electron chi connectivity index (χ1n) is 8.77. The maximum atomic E-state index is 12.7. The minimum absolute atomic E-state index is 0.0359. The average molecular weight is 454 g/mol. The summed E-state index contributed by atoms with van der Waals surface area (Å²) in [5, 5.41) is 7.47. The standard InChI is InChI=1S/C19H20ClN3O4S2/c1-12-6-8-13(9-7-12)29(26,27)16-10-21-19(23-18(16)25)28-11-17(24)22-15-5-3-2-4-14(15)20/h2-9,16,19,21H,10-11H2,1H3,(H,22,24)(H,23,25). The van der Waals surface area contributed by atoms with E-state index in [2.05, 4.69) is 16.0 Å². The van der Waals surface area contributed by atoms with Crippen LogP contribution in [-0.2, 0) is 19.4 Å². The molecule has 1 saturated heterocycles. The quantitative estimate of drug-likeness (QED) is 0.619. The van der Waals surface area contributed by atoms with Gasteiger partial charge in [0.05, 0.1) is 21.4 Å². The summed E-state index contributed by atoms with van der Waals surface area (Å²) in [5.74, 6) is -0.819. The van der Waals surface area contributed by atoms with Crippen LogP contribution in [0.25, 0.3) is 0 Å². The van der Waals surface area contributed by atoms with E-state index in [-0.39, 0.29) is 23.1 Å². The van der Waals surface area contributed by atoms with E-state index in [1.54, 1.807) is 36.4 Å². The summed E-state index contributed by atoms with van der Waals surface area (Å²) < 4.78 is 25.5. The van der Waals surface area contributed by atoms with Crippen molar-refractivity contribution in [2.24, 2.45) is 0 Å². The zero-order valence-electron chi connectivity index (χ0n) is 15.5. The molecule has 1 fully saturated rings. The Morgan fingerprint density at radius 1 is 1.21 bits per heavy atom. The lowest BCUT2D eigenvalue weighted by atomic mass is 10.2. The summed E-state index contributed by atoms with van der Waals surface area (Å²) in [7, 11) is -3.81. The molecule has 2 unspecified atom stereocenters. The molecule has 2 amide bonds. The number of sulfone groups is 1. The molecule has 154 valence electrons. The molecule has 2 aromatic carbocycles. The van der Waals surface area contributed by atoms with Gasteiger partial charge in [-0.2, -0.15) is 0 Å². The summed E-state index contributed by atoms with van der Waals surface area (Å²) in [4.78, 5) is 24.6. The fourth-order valence-electron chi connectivity index (χ4n) is 2.73. The molecule has 3 N–H and O–H groups in total. The fourth-order valence-corrected chi connectivity index (χ4v) is 5.23. The maximum Gasteiger partial charge on any atom is 0.241 e. The summed E-state index contributed by atoms with van der Waals surface area (Å²) in [6, 6.07) is 13.2. The predicted molar refractivity (Wildman–Crippen MR) is 115 cm³/mol. The van der Waals surface area contributed by atoms with Gasteiger partial charge in [-0.05, 0) is 31.2 Å². The zero-order valence-corrected chi connectivity index (χ0v) is 17.9. The first-order chi connectivity index (χ1) is 13.8. The van der Waals surface area contributed by atoms with Crippen molar-refractivity contribution in [2.45, 2.75) is 22.6 Å². The van der Waals surface area contributed by atoms with Gasteiger partial charge in [0.15, 0.2) is 15.1 Å². The van der Waals surface area contributed by atoms with Crippen molar-refractivity contribution in [3.8, 4) is 0 Å². The van der Waals surface area contributed by atoms with Gasteiger partial charge in [0.25, 0.3) is 0 Å². The van der Waals surface area contributed by atoms with Gasteiger partial charge < -0.3 is 10.6 Å². The molecule has 0 aliphatic carbocycles. The predicted octanol–water partition coefficient (Wildman–Crippen LogP) is 2.17. The van der Waals surface area contributed by atoms with Crippen molar-refractivity contribution in [3.05, 3.63) is 59.1 Å². The molecule has 3 rings (SSSR count). The Morgan fingerprint density at radius 2 is 1.90 bits per heavy atom. The lowest BCUT2D eigenvalue weighted by Crippen LogP contribution is -2.59. The van der Waals surface area contributed by atoms with Crippen LogP contribution < -0.4 is 16.0 Å². The number of halogens is 1. The van der Waals surface area contributed by atoms with E-state index in [0.29, 0.717) is 10.7 Å². The minimum Gasteiger partial charge on any atom is -0.331 e. The van der Waals surface area contributed by atoms with E-state index in [1.807, 2.05) is 6.92 Å². The zero-order chi connectivity index (χ0) is 21.0. The smallest absolute Gasteiger partial charge is 0.241 e. The molecular weight excluding hydrogens is 434 g/mol. The lowest BCUT2D eigenvalue weighted by Gasteiger charge is -2.29. The van der Waals surface area contributed by atoms with Gasteiger partial charge in [0.2, 0.25) is 11.8 Å². The first kappa shape index (κ1) is 21.6. The summed E-state index contributed by atoms with van der Waals surface area (Å²) >= 11 is 7.16. The van der Waals surface area contributed by atoms with E-state index < -0.39 is 26.5 Å². The SMILES string of the molecule is Cc1ccc(S(=O)(=O)C2CNC(SCC(=O)Nc3ccccc3Cl)NC2=O)cc1.